The Labute approximate surface area is 126 Å². The highest BCUT2D eigenvalue weighted by atomic mass is 32.2. The molecule has 1 aromatic rings. The van der Waals surface area contributed by atoms with Crippen molar-refractivity contribution in [1.29, 1.82) is 0 Å². The van der Waals surface area contributed by atoms with E-state index >= 15 is 0 Å². The highest BCUT2D eigenvalue weighted by molar-refractivity contribution is 8.12. The van der Waals surface area contributed by atoms with E-state index in [-0.39, 0.29) is 33.6 Å². The Morgan fingerprint density at radius 3 is 2.62 bits per heavy atom. The van der Waals surface area contributed by atoms with E-state index < -0.39 is 15.7 Å². The summed E-state index contributed by atoms with van der Waals surface area (Å²) in [4.78, 5) is 11.2. The van der Waals surface area contributed by atoms with Crippen LogP contribution in [0, 0.1) is 5.92 Å². The standard InChI is InChI=1S/C14H15NO4S2/c1-3-10-8(2)13(10)11-5-4-9(14(15)16)6-12(11)21(18,19)7-20-17/h4-7,10,13H,2-3H2,1H3,(H2,15,16). The van der Waals surface area contributed by atoms with Crippen molar-refractivity contribution in [3.05, 3.63) is 41.5 Å². The molecule has 1 saturated carbocycles. The molecule has 2 N–H and O–H groups in total. The van der Waals surface area contributed by atoms with Crippen molar-refractivity contribution >= 4 is 31.7 Å². The first-order chi connectivity index (χ1) is 9.83. The molecule has 2 atom stereocenters. The van der Waals surface area contributed by atoms with Crippen molar-refractivity contribution in [3.8, 4) is 0 Å². The number of carbonyl (C=O) groups is 1. The third kappa shape index (κ3) is 2.84. The Balaban J connectivity index is 2.64. The first-order valence-electron chi connectivity index (χ1n) is 6.32. The van der Waals surface area contributed by atoms with Gasteiger partial charge in [-0.25, -0.2) is 12.6 Å². The van der Waals surface area contributed by atoms with E-state index in [9.17, 15) is 17.4 Å². The van der Waals surface area contributed by atoms with E-state index in [1.54, 1.807) is 6.07 Å². The fraction of sp³-hybridized carbons (Fsp3) is 0.286. The predicted molar refractivity (Wildman–Crippen MR) is 82.0 cm³/mol. The largest absolute Gasteiger partial charge is 0.366 e. The normalized spacial score (nSPS) is 20.9. The minimum Gasteiger partial charge on any atom is -0.366 e. The molecule has 1 aromatic carbocycles. The van der Waals surface area contributed by atoms with E-state index in [1.807, 2.05) is 6.92 Å². The second-order valence-corrected chi connectivity index (χ2v) is 7.41. The molecule has 1 amide bonds. The van der Waals surface area contributed by atoms with Crippen LogP contribution in [0.3, 0.4) is 0 Å². The molecule has 21 heavy (non-hydrogen) atoms. The van der Waals surface area contributed by atoms with Gasteiger partial charge in [-0.15, -0.1) is 0 Å². The van der Waals surface area contributed by atoms with Crippen LogP contribution in [-0.4, -0.2) is 23.2 Å². The third-order valence-corrected chi connectivity index (χ3v) is 6.01. The van der Waals surface area contributed by atoms with Gasteiger partial charge in [-0.3, -0.25) is 4.79 Å². The summed E-state index contributed by atoms with van der Waals surface area (Å²) in [5.41, 5.74) is 6.83. The lowest BCUT2D eigenvalue weighted by atomic mass is 10.1. The van der Waals surface area contributed by atoms with Crippen LogP contribution >= 0.6 is 0 Å². The SMILES string of the molecule is C=C1C(CC)C1c1ccc(C(N)=O)cc1S(=O)(=O)C=S=O. The van der Waals surface area contributed by atoms with Crippen LogP contribution in [0.25, 0.3) is 0 Å². The number of sulfone groups is 1. The van der Waals surface area contributed by atoms with Gasteiger partial charge in [0.05, 0.1) is 4.90 Å². The summed E-state index contributed by atoms with van der Waals surface area (Å²) in [7, 11) is -3.88. The number of carbonyl (C=O) groups excluding carboxylic acids is 1. The first kappa shape index (κ1) is 15.7. The van der Waals surface area contributed by atoms with Crippen LogP contribution in [0.2, 0.25) is 0 Å². The fourth-order valence-electron chi connectivity index (χ4n) is 2.59. The molecular weight excluding hydrogens is 310 g/mol. The number of rotatable bonds is 5. The van der Waals surface area contributed by atoms with Gasteiger partial charge in [-0.2, -0.15) is 0 Å². The van der Waals surface area contributed by atoms with Crippen molar-refractivity contribution < 1.29 is 17.4 Å². The second-order valence-electron chi connectivity index (χ2n) is 4.92. The third-order valence-electron chi connectivity index (χ3n) is 3.71. The highest BCUT2D eigenvalue weighted by Gasteiger charge is 2.44. The maximum atomic E-state index is 12.2. The van der Waals surface area contributed by atoms with Gasteiger partial charge in [0.1, 0.15) is 16.0 Å². The Morgan fingerprint density at radius 2 is 2.14 bits per heavy atom. The smallest absolute Gasteiger partial charge is 0.248 e. The average Bonchev–Trinajstić information content (AvgIpc) is 3.08. The highest BCUT2D eigenvalue weighted by Crippen LogP contribution is 2.55. The molecule has 112 valence electrons. The maximum Gasteiger partial charge on any atom is 0.248 e. The van der Waals surface area contributed by atoms with Crippen LogP contribution in [-0.2, 0) is 21.1 Å². The van der Waals surface area contributed by atoms with Gasteiger partial charge in [0, 0.05) is 11.5 Å². The molecule has 2 rings (SSSR count). The number of benzene rings is 1. The van der Waals surface area contributed by atoms with Crippen LogP contribution in [0.1, 0.15) is 35.2 Å². The van der Waals surface area contributed by atoms with Gasteiger partial charge >= 0.3 is 0 Å². The van der Waals surface area contributed by atoms with Crippen LogP contribution in [0.4, 0.5) is 0 Å². The van der Waals surface area contributed by atoms with Crippen molar-refractivity contribution in [3.63, 3.8) is 0 Å². The quantitative estimate of drug-likeness (QED) is 0.650. The topological polar surface area (TPSA) is 94.3 Å². The van der Waals surface area contributed by atoms with Crippen molar-refractivity contribution in [2.24, 2.45) is 11.7 Å². The molecule has 7 heteroatoms. The molecule has 2 unspecified atom stereocenters. The van der Waals surface area contributed by atoms with E-state index in [0.29, 0.717) is 10.3 Å². The monoisotopic (exact) mass is 325 g/mol. The van der Waals surface area contributed by atoms with E-state index in [2.05, 4.69) is 6.58 Å². The zero-order valence-corrected chi connectivity index (χ0v) is 13.0. The molecule has 1 aliphatic rings. The Hall–Kier alpha value is -1.73. The van der Waals surface area contributed by atoms with Crippen molar-refractivity contribution in [2.75, 3.05) is 0 Å². The van der Waals surface area contributed by atoms with Gasteiger partial charge in [0.15, 0.2) is 0 Å². The Kier molecular flexibility index (Phi) is 4.15. The Bertz CT molecular complexity index is 776. The number of amides is 1. The van der Waals surface area contributed by atoms with Crippen molar-refractivity contribution in [2.45, 2.75) is 24.2 Å². The number of allylic oxidation sites excluding steroid dienone is 1. The summed E-state index contributed by atoms with van der Waals surface area (Å²) >= 11 is -0.136. The first-order valence-corrected chi connectivity index (χ1v) is 8.68. The number of primary amides is 1. The predicted octanol–water partition coefficient (Wildman–Crippen LogP) is 1.21. The van der Waals surface area contributed by atoms with E-state index in [0.717, 1.165) is 12.0 Å². The lowest BCUT2D eigenvalue weighted by Gasteiger charge is -2.08. The molecule has 0 radical (unpaired) electrons. The summed E-state index contributed by atoms with van der Waals surface area (Å²) in [6.45, 7) is 5.94. The van der Waals surface area contributed by atoms with Crippen LogP contribution < -0.4 is 5.73 Å². The van der Waals surface area contributed by atoms with Gasteiger partial charge in [0.2, 0.25) is 15.7 Å². The number of hydrogen-bond acceptors (Lipinski definition) is 4. The summed E-state index contributed by atoms with van der Waals surface area (Å²) in [6.07, 6.45) is 0.862. The number of hydrogen-bond donors (Lipinski definition) is 1. The van der Waals surface area contributed by atoms with Crippen LogP contribution in [0.15, 0.2) is 35.2 Å². The molecule has 1 fully saturated rings. The Morgan fingerprint density at radius 1 is 1.48 bits per heavy atom. The van der Waals surface area contributed by atoms with Crippen LogP contribution in [0.5, 0.6) is 0 Å². The van der Waals surface area contributed by atoms with E-state index in [1.165, 1.54) is 12.1 Å². The van der Waals surface area contributed by atoms with Gasteiger partial charge in [0.25, 0.3) is 0 Å². The molecule has 0 saturated heterocycles. The summed E-state index contributed by atoms with van der Waals surface area (Å²) in [6, 6.07) is 4.32. The van der Waals surface area contributed by atoms with Crippen molar-refractivity contribution in [1.82, 2.24) is 0 Å². The molecule has 0 aromatic heterocycles. The summed E-state index contributed by atoms with van der Waals surface area (Å²) in [5.74, 6) is -0.528. The molecule has 0 spiro atoms. The molecule has 0 aliphatic heterocycles. The van der Waals surface area contributed by atoms with Gasteiger partial charge < -0.3 is 5.73 Å². The minimum absolute atomic E-state index is 0.0377. The molecule has 5 nitrogen and oxygen atoms in total. The lowest BCUT2D eigenvalue weighted by Crippen LogP contribution is -2.14. The number of nitrogens with two attached hydrogens (primary N) is 1. The average molecular weight is 325 g/mol. The summed E-state index contributed by atoms with van der Waals surface area (Å²) in [5, 5.41) is 0. The maximum absolute atomic E-state index is 12.2. The lowest BCUT2D eigenvalue weighted by molar-refractivity contribution is 0.1000. The zero-order valence-electron chi connectivity index (χ0n) is 11.4. The molecule has 0 bridgehead atoms. The van der Waals surface area contributed by atoms with E-state index in [4.69, 9.17) is 5.73 Å². The van der Waals surface area contributed by atoms with Gasteiger partial charge in [-0.1, -0.05) is 25.1 Å². The van der Waals surface area contributed by atoms with Gasteiger partial charge in [-0.05, 0) is 30.0 Å². The molecule has 0 heterocycles. The fourth-order valence-corrected chi connectivity index (χ4v) is 4.23. The second kappa shape index (κ2) is 5.57. The molecule has 1 aliphatic carbocycles. The minimum atomic E-state index is -3.88. The molecular formula is C14H15NO4S2. The zero-order chi connectivity index (χ0) is 15.8. The summed E-state index contributed by atoms with van der Waals surface area (Å²) < 4.78 is 35.6.